The Balaban J connectivity index is 1.95. The molecule has 0 N–H and O–H groups in total. The molecule has 2 aliphatic carbocycles. The number of aromatic nitrogens is 2. The van der Waals surface area contributed by atoms with Gasteiger partial charge in [-0.25, -0.2) is 4.98 Å². The van der Waals surface area contributed by atoms with Crippen molar-refractivity contribution in [1.82, 2.24) is 9.97 Å². The largest absolute Gasteiger partial charge is 0.392 e. The van der Waals surface area contributed by atoms with Gasteiger partial charge in [0.2, 0.25) is 5.28 Å². The Morgan fingerprint density at radius 3 is 2.42 bits per heavy atom. The zero-order valence-corrected chi connectivity index (χ0v) is 16.2. The molecule has 9 heteroatoms. The molecule has 0 aliphatic heterocycles. The topological polar surface area (TPSA) is 29.0 Å². The fourth-order valence-corrected chi connectivity index (χ4v) is 4.61. The van der Waals surface area contributed by atoms with Crippen LogP contribution in [0.4, 0.5) is 19.0 Å². The highest BCUT2D eigenvalue weighted by Crippen LogP contribution is 2.61. The van der Waals surface area contributed by atoms with Gasteiger partial charge in [-0.3, -0.25) is 0 Å². The molecular formula is C15H17BrCl2F3N3. The standard InChI is InChI=1S/C15H17BrCl2F3N3/c1-6(2)5-24(13-11(16)12(17)22-14(18)23-13)10-4-9(15(19,20)21)7-3-8(7)10/h6-10H,3-5H2,1-2H3. The maximum absolute atomic E-state index is 13.3. The fraction of sp³-hybridized carbons (Fsp3) is 0.733. The predicted molar refractivity (Wildman–Crippen MR) is 91.5 cm³/mol. The molecule has 1 heterocycles. The molecule has 2 saturated carbocycles. The molecule has 3 rings (SSSR count). The van der Waals surface area contributed by atoms with Crippen LogP contribution in [0.3, 0.4) is 0 Å². The van der Waals surface area contributed by atoms with E-state index in [1.165, 1.54) is 0 Å². The van der Waals surface area contributed by atoms with E-state index in [-0.39, 0.29) is 40.7 Å². The van der Waals surface area contributed by atoms with Gasteiger partial charge < -0.3 is 4.90 Å². The van der Waals surface area contributed by atoms with Gasteiger partial charge in [-0.2, -0.15) is 18.2 Å². The SMILES string of the molecule is CC(C)CN(c1nc(Cl)nc(Cl)c1Br)C1CC(C(F)(F)F)C2CC21. The van der Waals surface area contributed by atoms with Gasteiger partial charge in [0.1, 0.15) is 11.0 Å². The molecule has 1 aromatic rings. The highest BCUT2D eigenvalue weighted by atomic mass is 79.9. The van der Waals surface area contributed by atoms with Crippen molar-refractivity contribution >= 4 is 44.9 Å². The molecule has 0 saturated heterocycles. The van der Waals surface area contributed by atoms with Gasteiger partial charge in [0.15, 0.2) is 0 Å². The van der Waals surface area contributed by atoms with Crippen LogP contribution in [0.5, 0.6) is 0 Å². The van der Waals surface area contributed by atoms with Crippen molar-refractivity contribution in [1.29, 1.82) is 0 Å². The van der Waals surface area contributed by atoms with E-state index < -0.39 is 12.1 Å². The quantitative estimate of drug-likeness (QED) is 0.445. The van der Waals surface area contributed by atoms with E-state index in [1.807, 2.05) is 18.7 Å². The van der Waals surface area contributed by atoms with Crippen LogP contribution in [-0.4, -0.2) is 28.7 Å². The second-order valence-corrected chi connectivity index (χ2v) is 8.47. The van der Waals surface area contributed by atoms with Crippen molar-refractivity contribution < 1.29 is 13.2 Å². The Kier molecular flexibility index (Phi) is 4.99. The first kappa shape index (κ1) is 18.5. The summed E-state index contributed by atoms with van der Waals surface area (Å²) in [4.78, 5) is 10.0. The molecule has 134 valence electrons. The lowest BCUT2D eigenvalue weighted by molar-refractivity contribution is -0.178. The molecular weight excluding hydrogens is 430 g/mol. The van der Waals surface area contributed by atoms with Gasteiger partial charge in [-0.1, -0.05) is 25.4 Å². The lowest BCUT2D eigenvalue weighted by Crippen LogP contribution is -2.40. The number of halogens is 6. The average Bonchev–Trinajstić information content (AvgIpc) is 3.12. The minimum atomic E-state index is -4.14. The minimum absolute atomic E-state index is 0.00956. The first-order valence-electron chi connectivity index (χ1n) is 7.81. The summed E-state index contributed by atoms with van der Waals surface area (Å²) < 4.78 is 40.2. The molecule has 3 nitrogen and oxygen atoms in total. The summed E-state index contributed by atoms with van der Waals surface area (Å²) in [5, 5.41) is 0.154. The maximum Gasteiger partial charge on any atom is 0.392 e. The Labute approximate surface area is 157 Å². The number of fused-ring (bicyclic) bond motifs is 1. The third kappa shape index (κ3) is 3.49. The summed E-state index contributed by atoms with van der Waals surface area (Å²) >= 11 is 15.3. The van der Waals surface area contributed by atoms with Gasteiger partial charge in [0.05, 0.1) is 10.4 Å². The molecule has 0 radical (unpaired) electrons. The summed E-state index contributed by atoms with van der Waals surface area (Å²) in [6.45, 7) is 4.62. The Morgan fingerprint density at radius 1 is 1.21 bits per heavy atom. The molecule has 4 unspecified atom stereocenters. The van der Waals surface area contributed by atoms with Crippen molar-refractivity contribution in [2.45, 2.75) is 38.9 Å². The third-order valence-corrected chi connectivity index (χ3v) is 6.22. The van der Waals surface area contributed by atoms with Crippen LogP contribution in [0.15, 0.2) is 4.47 Å². The van der Waals surface area contributed by atoms with Crippen molar-refractivity contribution in [2.75, 3.05) is 11.4 Å². The van der Waals surface area contributed by atoms with Crippen LogP contribution in [0.1, 0.15) is 26.7 Å². The zero-order valence-electron chi connectivity index (χ0n) is 13.1. The molecule has 2 fully saturated rings. The van der Waals surface area contributed by atoms with E-state index in [2.05, 4.69) is 25.9 Å². The van der Waals surface area contributed by atoms with Crippen molar-refractivity contribution in [3.8, 4) is 0 Å². The Hall–Kier alpha value is -0.270. The second kappa shape index (κ2) is 6.47. The molecule has 4 atom stereocenters. The number of alkyl halides is 3. The van der Waals surface area contributed by atoms with Gasteiger partial charge >= 0.3 is 6.18 Å². The Bertz CT molecular complexity index is 641. The second-order valence-electron chi connectivity index (χ2n) is 6.98. The molecule has 24 heavy (non-hydrogen) atoms. The summed E-state index contributed by atoms with van der Waals surface area (Å²) in [6, 6.07) is -0.206. The van der Waals surface area contributed by atoms with Gasteiger partial charge in [0, 0.05) is 12.6 Å². The number of hydrogen-bond donors (Lipinski definition) is 0. The van der Waals surface area contributed by atoms with Crippen LogP contribution in [-0.2, 0) is 0 Å². The third-order valence-electron chi connectivity index (χ3n) is 4.82. The minimum Gasteiger partial charge on any atom is -0.352 e. The van der Waals surface area contributed by atoms with Crippen molar-refractivity contribution in [3.05, 3.63) is 14.9 Å². The fourth-order valence-electron chi connectivity index (χ4n) is 3.83. The van der Waals surface area contributed by atoms with Crippen molar-refractivity contribution in [2.24, 2.45) is 23.7 Å². The monoisotopic (exact) mass is 445 g/mol. The number of rotatable bonds is 4. The van der Waals surface area contributed by atoms with E-state index in [9.17, 15) is 13.2 Å². The highest BCUT2D eigenvalue weighted by Gasteiger charge is 2.63. The number of anilines is 1. The molecule has 0 bridgehead atoms. The van der Waals surface area contributed by atoms with Crippen LogP contribution in [0.2, 0.25) is 10.4 Å². The lowest BCUT2D eigenvalue weighted by atomic mass is 10.00. The Morgan fingerprint density at radius 2 is 1.88 bits per heavy atom. The van der Waals surface area contributed by atoms with E-state index in [1.54, 1.807) is 0 Å². The maximum atomic E-state index is 13.3. The molecule has 2 aliphatic rings. The molecule has 0 aromatic carbocycles. The van der Waals surface area contributed by atoms with E-state index in [0.717, 1.165) is 0 Å². The van der Waals surface area contributed by atoms with Crippen LogP contribution in [0.25, 0.3) is 0 Å². The van der Waals surface area contributed by atoms with Crippen molar-refractivity contribution in [3.63, 3.8) is 0 Å². The van der Waals surface area contributed by atoms with Gasteiger partial charge in [0.25, 0.3) is 0 Å². The lowest BCUT2D eigenvalue weighted by Gasteiger charge is -2.34. The van der Waals surface area contributed by atoms with Gasteiger partial charge in [-0.15, -0.1) is 0 Å². The number of hydrogen-bond acceptors (Lipinski definition) is 3. The van der Waals surface area contributed by atoms with Gasteiger partial charge in [-0.05, 0) is 58.1 Å². The zero-order chi connectivity index (χ0) is 17.8. The molecule has 0 amide bonds. The smallest absolute Gasteiger partial charge is 0.352 e. The van der Waals surface area contributed by atoms with E-state index in [4.69, 9.17) is 23.2 Å². The van der Waals surface area contributed by atoms with Crippen LogP contribution >= 0.6 is 39.1 Å². The normalized spacial score (nSPS) is 29.0. The number of nitrogens with zero attached hydrogens (tertiary/aromatic N) is 3. The molecule has 1 aromatic heterocycles. The first-order chi connectivity index (χ1) is 11.1. The molecule has 0 spiro atoms. The highest BCUT2D eigenvalue weighted by molar-refractivity contribution is 9.10. The predicted octanol–water partition coefficient (Wildman–Crippen LogP) is 5.60. The van der Waals surface area contributed by atoms with Crippen LogP contribution in [0, 0.1) is 23.7 Å². The summed E-state index contributed by atoms with van der Waals surface area (Å²) in [7, 11) is 0. The first-order valence-corrected chi connectivity index (χ1v) is 9.36. The van der Waals surface area contributed by atoms with E-state index in [0.29, 0.717) is 23.3 Å². The summed E-state index contributed by atoms with van der Waals surface area (Å²) in [5.41, 5.74) is 0. The van der Waals surface area contributed by atoms with E-state index >= 15 is 0 Å². The summed E-state index contributed by atoms with van der Waals surface area (Å²) in [6.07, 6.45) is -3.43. The summed E-state index contributed by atoms with van der Waals surface area (Å²) in [5.74, 6) is -0.710. The average molecular weight is 447 g/mol. The van der Waals surface area contributed by atoms with Crippen LogP contribution < -0.4 is 4.90 Å².